The van der Waals surface area contributed by atoms with Gasteiger partial charge in [-0.2, -0.15) is 0 Å². The number of halogens is 2. The first-order valence-corrected chi connectivity index (χ1v) is 17.4. The molecule has 1 unspecified atom stereocenters. The number of carboxylic acid groups (broad SMARTS) is 1. The molecule has 0 bridgehead atoms. The number of aryl methyl sites for hydroxylation is 1. The van der Waals surface area contributed by atoms with E-state index in [1.807, 2.05) is 84.8 Å². The summed E-state index contributed by atoms with van der Waals surface area (Å²) < 4.78 is -0.312. The molecule has 9 nitrogen and oxygen atoms in total. The zero-order valence-corrected chi connectivity index (χ0v) is 28.9. The van der Waals surface area contributed by atoms with E-state index < -0.39 is 16.8 Å². The van der Waals surface area contributed by atoms with Crippen LogP contribution in [0, 0.1) is 6.92 Å². The molecule has 4 aromatic rings. The lowest BCUT2D eigenvalue weighted by Crippen LogP contribution is -2.57. The number of rotatable bonds is 9. The van der Waals surface area contributed by atoms with Crippen molar-refractivity contribution in [1.82, 2.24) is 19.7 Å². The number of carboxylic acids is 1. The fourth-order valence-corrected chi connectivity index (χ4v) is 8.40. The second-order valence-corrected chi connectivity index (χ2v) is 14.8. The first-order valence-electron chi connectivity index (χ1n) is 15.4. The molecule has 2 saturated heterocycles. The summed E-state index contributed by atoms with van der Waals surface area (Å²) >= 11 is 11.3. The van der Waals surface area contributed by atoms with Gasteiger partial charge in [-0.05, 0) is 55.3 Å². The number of carbonyl (C=O) groups excluding carboxylic acids is 4. The molecule has 2 atom stereocenters. The lowest BCUT2D eigenvalue weighted by molar-refractivity contribution is -0.305. The molecule has 3 heterocycles. The van der Waals surface area contributed by atoms with Crippen molar-refractivity contribution in [1.29, 1.82) is 0 Å². The van der Waals surface area contributed by atoms with Crippen LogP contribution in [0.4, 0.5) is 0 Å². The van der Waals surface area contributed by atoms with Gasteiger partial charge in [-0.25, -0.2) is 0 Å². The van der Waals surface area contributed by atoms with Gasteiger partial charge in [-0.1, -0.05) is 63.4 Å². The molecule has 6 rings (SSSR count). The van der Waals surface area contributed by atoms with E-state index in [0.29, 0.717) is 11.6 Å². The van der Waals surface area contributed by atoms with Crippen molar-refractivity contribution >= 4 is 73.9 Å². The molecule has 3 amide bonds. The Balaban J connectivity index is 1.42. The minimum Gasteiger partial charge on any atom is -0.550 e. The third-order valence-electron chi connectivity index (χ3n) is 8.87. The van der Waals surface area contributed by atoms with Crippen molar-refractivity contribution in [3.8, 4) is 0 Å². The quantitative estimate of drug-likeness (QED) is 0.256. The van der Waals surface area contributed by atoms with E-state index in [2.05, 4.69) is 20.9 Å². The summed E-state index contributed by atoms with van der Waals surface area (Å²) in [5, 5.41) is 12.4. The fourth-order valence-electron chi connectivity index (χ4n) is 6.49. The van der Waals surface area contributed by atoms with Gasteiger partial charge < -0.3 is 29.6 Å². The van der Waals surface area contributed by atoms with E-state index in [1.165, 1.54) is 11.8 Å². The highest BCUT2D eigenvalue weighted by atomic mass is 79.9. The van der Waals surface area contributed by atoms with Crippen LogP contribution in [-0.4, -0.2) is 74.3 Å². The Kier molecular flexibility index (Phi) is 9.68. The number of aromatic amines is 1. The summed E-state index contributed by atoms with van der Waals surface area (Å²) in [7, 11) is 0. The van der Waals surface area contributed by atoms with Crippen LogP contribution in [0.2, 0.25) is 5.02 Å². The van der Waals surface area contributed by atoms with Gasteiger partial charge in [0, 0.05) is 82.2 Å². The molecular weight excluding hydrogens is 704 g/mol. The van der Waals surface area contributed by atoms with Crippen LogP contribution in [0.5, 0.6) is 0 Å². The third-order valence-corrected chi connectivity index (χ3v) is 11.0. The van der Waals surface area contributed by atoms with Crippen LogP contribution in [0.1, 0.15) is 42.0 Å². The van der Waals surface area contributed by atoms with Crippen LogP contribution in [0.15, 0.2) is 82.3 Å². The van der Waals surface area contributed by atoms with Gasteiger partial charge in [-0.3, -0.25) is 14.4 Å². The number of thioether (sulfide) groups is 1. The van der Waals surface area contributed by atoms with E-state index in [4.69, 9.17) is 11.6 Å². The number of likely N-dealkylation sites (tertiary alicyclic amines) is 1. The largest absolute Gasteiger partial charge is 0.550 e. The Morgan fingerprint density at radius 3 is 2.34 bits per heavy atom. The number of aliphatic carboxylic acids is 1. The number of aromatic nitrogens is 1. The van der Waals surface area contributed by atoms with E-state index >= 15 is 4.79 Å². The van der Waals surface area contributed by atoms with E-state index in [1.54, 1.807) is 9.80 Å². The highest BCUT2D eigenvalue weighted by Gasteiger charge is 2.59. The molecule has 0 spiro atoms. The Morgan fingerprint density at radius 1 is 0.979 bits per heavy atom. The van der Waals surface area contributed by atoms with Crippen molar-refractivity contribution < 1.29 is 24.3 Å². The van der Waals surface area contributed by atoms with E-state index in [9.17, 15) is 19.5 Å². The normalized spacial score (nSPS) is 19.9. The first-order chi connectivity index (χ1) is 22.5. The van der Waals surface area contributed by atoms with Gasteiger partial charge >= 0.3 is 0 Å². The van der Waals surface area contributed by atoms with Crippen LogP contribution in [-0.2, 0) is 25.7 Å². The van der Waals surface area contributed by atoms with Crippen molar-refractivity contribution in [2.45, 2.75) is 48.4 Å². The van der Waals surface area contributed by atoms with Crippen LogP contribution in [0.3, 0.4) is 0 Å². The van der Waals surface area contributed by atoms with Gasteiger partial charge in [0.2, 0.25) is 17.7 Å². The molecule has 244 valence electrons. The van der Waals surface area contributed by atoms with Gasteiger partial charge in [0.05, 0.1) is 12.5 Å². The molecule has 12 heteroatoms. The molecule has 0 radical (unpaired) electrons. The number of hydrogen-bond acceptors (Lipinski definition) is 6. The first kappa shape index (κ1) is 33.1. The number of H-pyrrole nitrogens is 1. The molecule has 0 aliphatic carbocycles. The van der Waals surface area contributed by atoms with Crippen molar-refractivity contribution in [2.75, 3.05) is 26.2 Å². The van der Waals surface area contributed by atoms with Gasteiger partial charge in [0.15, 0.2) is 0 Å². The Morgan fingerprint density at radius 2 is 1.66 bits per heavy atom. The van der Waals surface area contributed by atoms with Gasteiger partial charge in [0.1, 0.15) is 4.75 Å². The highest BCUT2D eigenvalue weighted by molar-refractivity contribution is 9.10. The standard InChI is InChI=1S/C35H34BrClN4O5S/c1-22-2-9-26(10-3-22)47-35(34(46)40-16-14-39(15-17-40)30(42)12-13-32(44)45)19-31(43)41(21-23-4-6-24(36)7-5-23)33(35)28-20-38-29-18-25(37)8-11-27(28)29/h2-11,18,20,33,38H,12-17,19,21H2,1H3,(H,44,45)/p-1/t33?,35-/m0/s1. The number of nitrogens with one attached hydrogen (secondary N) is 1. The Hall–Kier alpha value is -3.80. The monoisotopic (exact) mass is 735 g/mol. The predicted octanol–water partition coefficient (Wildman–Crippen LogP) is 5.10. The van der Waals surface area contributed by atoms with Crippen LogP contribution in [0.25, 0.3) is 10.9 Å². The smallest absolute Gasteiger partial charge is 0.242 e. The molecule has 1 aromatic heterocycles. The molecule has 1 N–H and O–H groups in total. The number of piperazine rings is 1. The average molecular weight is 737 g/mol. The molecular formula is C35H33BrClN4O5S-. The molecule has 2 aliphatic heterocycles. The molecule has 2 fully saturated rings. The average Bonchev–Trinajstić information content (AvgIpc) is 3.58. The highest BCUT2D eigenvalue weighted by Crippen LogP contribution is 2.55. The number of fused-ring (bicyclic) bond motifs is 1. The summed E-state index contributed by atoms with van der Waals surface area (Å²) in [5.74, 6) is -1.86. The minimum atomic E-state index is -1.27. The fraction of sp³-hybridized carbons (Fsp3) is 0.314. The number of carbonyl (C=O) groups is 4. The molecule has 0 saturated carbocycles. The maximum Gasteiger partial charge on any atom is 0.242 e. The maximum atomic E-state index is 15.1. The number of amides is 3. The lowest BCUT2D eigenvalue weighted by Gasteiger charge is -2.42. The van der Waals surface area contributed by atoms with E-state index in [-0.39, 0.29) is 63.2 Å². The zero-order chi connectivity index (χ0) is 33.3. The van der Waals surface area contributed by atoms with Crippen LogP contribution >= 0.6 is 39.3 Å². The van der Waals surface area contributed by atoms with Gasteiger partial charge in [0.25, 0.3) is 0 Å². The van der Waals surface area contributed by atoms with Crippen molar-refractivity contribution in [3.63, 3.8) is 0 Å². The van der Waals surface area contributed by atoms with Gasteiger partial charge in [-0.15, -0.1) is 11.8 Å². The number of benzene rings is 3. The van der Waals surface area contributed by atoms with Crippen molar-refractivity contribution in [2.24, 2.45) is 0 Å². The second kappa shape index (κ2) is 13.7. The maximum absolute atomic E-state index is 15.1. The third kappa shape index (κ3) is 6.93. The molecule has 47 heavy (non-hydrogen) atoms. The summed E-state index contributed by atoms with van der Waals surface area (Å²) in [4.78, 5) is 62.2. The molecule has 3 aromatic carbocycles. The predicted molar refractivity (Wildman–Crippen MR) is 183 cm³/mol. The van der Waals surface area contributed by atoms with Crippen LogP contribution < -0.4 is 5.11 Å². The second-order valence-electron chi connectivity index (χ2n) is 12.0. The van der Waals surface area contributed by atoms with E-state index in [0.717, 1.165) is 37.0 Å². The number of nitrogens with zero attached hydrogens (tertiary/aromatic N) is 3. The Labute approximate surface area is 290 Å². The summed E-state index contributed by atoms with van der Waals surface area (Å²) in [6.07, 6.45) is 1.37. The minimum absolute atomic E-state index is 0.0173. The molecule has 2 aliphatic rings. The lowest BCUT2D eigenvalue weighted by atomic mass is 9.90. The number of hydrogen-bond donors (Lipinski definition) is 1. The summed E-state index contributed by atoms with van der Waals surface area (Å²) in [6.45, 7) is 3.39. The summed E-state index contributed by atoms with van der Waals surface area (Å²) in [5.41, 5.74) is 3.64. The van der Waals surface area contributed by atoms with Crippen molar-refractivity contribution in [3.05, 3.63) is 99.1 Å². The Bertz CT molecular complexity index is 1820. The zero-order valence-electron chi connectivity index (χ0n) is 25.7. The topological polar surface area (TPSA) is 117 Å². The summed E-state index contributed by atoms with van der Waals surface area (Å²) in [6, 6.07) is 20.7. The SMILES string of the molecule is Cc1ccc(S[C@@]2(C(=O)N3CCN(C(=O)CCC(=O)[O-])CC3)CC(=O)N(Cc3ccc(Br)cc3)C2c2c[nH]c3cc(Cl)ccc23)cc1.